The van der Waals surface area contributed by atoms with Crippen LogP contribution in [0.5, 0.6) is 5.75 Å². The van der Waals surface area contributed by atoms with E-state index in [4.69, 9.17) is 4.74 Å². The molecule has 25 heavy (non-hydrogen) atoms. The van der Waals surface area contributed by atoms with Crippen molar-refractivity contribution in [2.75, 3.05) is 25.5 Å². The third kappa shape index (κ3) is 4.40. The molecular formula is C21H26N2O2. The van der Waals surface area contributed by atoms with E-state index in [1.54, 1.807) is 7.11 Å². The van der Waals surface area contributed by atoms with Crippen LogP contribution >= 0.6 is 0 Å². The molecule has 1 saturated heterocycles. The number of hydrogen-bond donors (Lipinski definition) is 1. The third-order valence-electron chi connectivity index (χ3n) is 4.88. The van der Waals surface area contributed by atoms with Crippen molar-refractivity contribution >= 4 is 11.6 Å². The number of likely N-dealkylation sites (tertiary alicyclic amines) is 1. The topological polar surface area (TPSA) is 41.6 Å². The Balaban J connectivity index is 1.69. The summed E-state index contributed by atoms with van der Waals surface area (Å²) in [6, 6.07) is 15.8. The van der Waals surface area contributed by atoms with E-state index in [0.29, 0.717) is 0 Å². The van der Waals surface area contributed by atoms with Crippen molar-refractivity contribution in [3.63, 3.8) is 0 Å². The number of methoxy groups -OCH3 is 1. The third-order valence-corrected chi connectivity index (χ3v) is 4.88. The van der Waals surface area contributed by atoms with Gasteiger partial charge in [0.05, 0.1) is 13.0 Å². The lowest BCUT2D eigenvalue weighted by atomic mass is 10.00. The minimum Gasteiger partial charge on any atom is -0.497 e. The SMILES string of the molecule is COc1ccc(C(C)C(=O)Nc2ccccc2CN2CCCC2)cc1. The van der Waals surface area contributed by atoms with Crippen LogP contribution in [0.2, 0.25) is 0 Å². The maximum atomic E-state index is 12.7. The molecular weight excluding hydrogens is 312 g/mol. The molecule has 0 spiro atoms. The zero-order valence-electron chi connectivity index (χ0n) is 15.0. The van der Waals surface area contributed by atoms with Crippen molar-refractivity contribution in [3.05, 3.63) is 59.7 Å². The zero-order chi connectivity index (χ0) is 17.6. The van der Waals surface area contributed by atoms with Crippen LogP contribution in [0.15, 0.2) is 48.5 Å². The first-order chi connectivity index (χ1) is 12.2. The van der Waals surface area contributed by atoms with E-state index in [2.05, 4.69) is 16.3 Å². The summed E-state index contributed by atoms with van der Waals surface area (Å²) in [5.74, 6) is 0.595. The van der Waals surface area contributed by atoms with Gasteiger partial charge in [-0.05, 0) is 62.2 Å². The molecule has 132 valence electrons. The number of anilines is 1. The highest BCUT2D eigenvalue weighted by Crippen LogP contribution is 2.24. The second-order valence-corrected chi connectivity index (χ2v) is 6.62. The number of ether oxygens (including phenoxy) is 1. The number of nitrogens with zero attached hydrogens (tertiary/aromatic N) is 1. The van der Waals surface area contributed by atoms with Crippen LogP contribution in [0, 0.1) is 0 Å². The largest absolute Gasteiger partial charge is 0.497 e. The number of carbonyl (C=O) groups excluding carboxylic acids is 1. The fourth-order valence-corrected chi connectivity index (χ4v) is 3.25. The molecule has 0 aromatic heterocycles. The molecule has 1 aliphatic heterocycles. The standard InChI is InChI=1S/C21H26N2O2/c1-16(17-9-11-19(25-2)12-10-17)21(24)22-20-8-4-3-7-18(20)15-23-13-5-6-14-23/h3-4,7-12,16H,5-6,13-15H2,1-2H3,(H,22,24). The van der Waals surface area contributed by atoms with Crippen LogP contribution in [-0.2, 0) is 11.3 Å². The van der Waals surface area contributed by atoms with E-state index in [-0.39, 0.29) is 11.8 Å². The van der Waals surface area contributed by atoms with Gasteiger partial charge in [-0.3, -0.25) is 9.69 Å². The Hall–Kier alpha value is -2.33. The molecule has 4 nitrogen and oxygen atoms in total. The highest BCUT2D eigenvalue weighted by Gasteiger charge is 2.18. The van der Waals surface area contributed by atoms with Gasteiger partial charge in [-0.2, -0.15) is 0 Å². The van der Waals surface area contributed by atoms with Gasteiger partial charge in [-0.25, -0.2) is 0 Å². The lowest BCUT2D eigenvalue weighted by Gasteiger charge is -2.19. The van der Waals surface area contributed by atoms with Crippen LogP contribution < -0.4 is 10.1 Å². The van der Waals surface area contributed by atoms with Gasteiger partial charge in [0.2, 0.25) is 5.91 Å². The minimum absolute atomic E-state index is 0.0130. The van der Waals surface area contributed by atoms with Crippen molar-refractivity contribution < 1.29 is 9.53 Å². The first kappa shape index (κ1) is 17.5. The van der Waals surface area contributed by atoms with Crippen LogP contribution in [0.25, 0.3) is 0 Å². The molecule has 1 unspecified atom stereocenters. The van der Waals surface area contributed by atoms with E-state index in [0.717, 1.165) is 36.6 Å². The normalized spacial score (nSPS) is 15.8. The summed E-state index contributed by atoms with van der Waals surface area (Å²) in [5, 5.41) is 3.11. The van der Waals surface area contributed by atoms with Crippen LogP contribution in [0.4, 0.5) is 5.69 Å². The molecule has 1 N–H and O–H groups in total. The summed E-state index contributed by atoms with van der Waals surface area (Å²) in [4.78, 5) is 15.1. The Bertz CT molecular complexity index is 706. The predicted molar refractivity (Wildman–Crippen MR) is 101 cm³/mol. The molecule has 0 radical (unpaired) electrons. The van der Waals surface area contributed by atoms with E-state index in [9.17, 15) is 4.79 Å². The van der Waals surface area contributed by atoms with Gasteiger partial charge in [0.1, 0.15) is 5.75 Å². The summed E-state index contributed by atoms with van der Waals surface area (Å²) in [5.41, 5.74) is 3.08. The van der Waals surface area contributed by atoms with Gasteiger partial charge in [0.25, 0.3) is 0 Å². The number of amides is 1. The van der Waals surface area contributed by atoms with Crippen molar-refractivity contribution in [2.45, 2.75) is 32.2 Å². The molecule has 4 heteroatoms. The van der Waals surface area contributed by atoms with Gasteiger partial charge in [0, 0.05) is 12.2 Å². The fraction of sp³-hybridized carbons (Fsp3) is 0.381. The highest BCUT2D eigenvalue weighted by atomic mass is 16.5. The molecule has 3 rings (SSSR count). The molecule has 1 aliphatic rings. The maximum absolute atomic E-state index is 12.7. The van der Waals surface area contributed by atoms with Gasteiger partial charge in [-0.1, -0.05) is 30.3 Å². The summed E-state index contributed by atoms with van der Waals surface area (Å²) in [6.45, 7) is 5.11. The van der Waals surface area contributed by atoms with Crippen molar-refractivity contribution in [3.8, 4) is 5.75 Å². The molecule has 0 saturated carbocycles. The lowest BCUT2D eigenvalue weighted by Crippen LogP contribution is -2.22. The van der Waals surface area contributed by atoms with Crippen molar-refractivity contribution in [2.24, 2.45) is 0 Å². The zero-order valence-corrected chi connectivity index (χ0v) is 15.0. The molecule has 2 aromatic rings. The minimum atomic E-state index is -0.217. The number of para-hydroxylation sites is 1. The first-order valence-corrected chi connectivity index (χ1v) is 8.92. The molecule has 2 aromatic carbocycles. The van der Waals surface area contributed by atoms with E-state index in [1.807, 2.05) is 49.4 Å². The molecule has 1 atom stereocenters. The van der Waals surface area contributed by atoms with Gasteiger partial charge < -0.3 is 10.1 Å². The lowest BCUT2D eigenvalue weighted by molar-refractivity contribution is -0.117. The fourth-order valence-electron chi connectivity index (χ4n) is 3.25. The Morgan fingerprint density at radius 3 is 2.48 bits per heavy atom. The van der Waals surface area contributed by atoms with E-state index >= 15 is 0 Å². The number of hydrogen-bond acceptors (Lipinski definition) is 3. The number of carbonyl (C=O) groups is 1. The summed E-state index contributed by atoms with van der Waals surface area (Å²) in [6.07, 6.45) is 2.53. The summed E-state index contributed by atoms with van der Waals surface area (Å²) >= 11 is 0. The molecule has 0 aliphatic carbocycles. The van der Waals surface area contributed by atoms with Crippen molar-refractivity contribution in [1.82, 2.24) is 4.90 Å². The molecule has 1 heterocycles. The molecule has 0 bridgehead atoms. The highest BCUT2D eigenvalue weighted by molar-refractivity contribution is 5.96. The van der Waals surface area contributed by atoms with Gasteiger partial charge in [0.15, 0.2) is 0 Å². The average Bonchev–Trinajstić information content (AvgIpc) is 3.16. The van der Waals surface area contributed by atoms with Crippen LogP contribution in [0.3, 0.4) is 0 Å². The first-order valence-electron chi connectivity index (χ1n) is 8.92. The van der Waals surface area contributed by atoms with E-state index in [1.165, 1.54) is 18.4 Å². The smallest absolute Gasteiger partial charge is 0.231 e. The molecule has 1 fully saturated rings. The predicted octanol–water partition coefficient (Wildman–Crippen LogP) is 4.03. The van der Waals surface area contributed by atoms with E-state index < -0.39 is 0 Å². The summed E-state index contributed by atoms with van der Waals surface area (Å²) < 4.78 is 5.18. The average molecular weight is 338 g/mol. The second kappa shape index (κ2) is 8.17. The number of benzene rings is 2. The summed E-state index contributed by atoms with van der Waals surface area (Å²) in [7, 11) is 1.64. The van der Waals surface area contributed by atoms with Gasteiger partial charge >= 0.3 is 0 Å². The second-order valence-electron chi connectivity index (χ2n) is 6.62. The maximum Gasteiger partial charge on any atom is 0.231 e. The molecule has 1 amide bonds. The quantitative estimate of drug-likeness (QED) is 0.864. The van der Waals surface area contributed by atoms with Crippen LogP contribution in [-0.4, -0.2) is 31.0 Å². The Morgan fingerprint density at radius 2 is 1.80 bits per heavy atom. The number of nitrogens with one attached hydrogen (secondary N) is 1. The Labute approximate surface area is 149 Å². The Morgan fingerprint density at radius 1 is 1.12 bits per heavy atom. The number of rotatable bonds is 6. The van der Waals surface area contributed by atoms with Gasteiger partial charge in [-0.15, -0.1) is 0 Å². The monoisotopic (exact) mass is 338 g/mol. The van der Waals surface area contributed by atoms with Crippen LogP contribution in [0.1, 0.15) is 36.8 Å². The Kier molecular flexibility index (Phi) is 5.71. The van der Waals surface area contributed by atoms with Crippen molar-refractivity contribution in [1.29, 1.82) is 0 Å².